The van der Waals surface area contributed by atoms with Crippen LogP contribution in [0, 0.1) is 5.82 Å². The summed E-state index contributed by atoms with van der Waals surface area (Å²) in [5.41, 5.74) is 0.637. The molecule has 7 nitrogen and oxygen atoms in total. The van der Waals surface area contributed by atoms with Crippen molar-refractivity contribution in [3.8, 4) is 11.4 Å². The normalized spacial score (nSPS) is 17.8. The quantitative estimate of drug-likeness (QED) is 0.831. The molecule has 1 saturated heterocycles. The van der Waals surface area contributed by atoms with E-state index in [0.717, 1.165) is 0 Å². The van der Waals surface area contributed by atoms with E-state index in [1.54, 1.807) is 17.0 Å². The number of carbonyl (C=O) groups excluding carboxylic acids is 2. The number of amides is 2. The van der Waals surface area contributed by atoms with Crippen molar-refractivity contribution in [2.45, 2.75) is 25.9 Å². The number of halogens is 1. The van der Waals surface area contributed by atoms with Crippen molar-refractivity contribution in [1.82, 2.24) is 20.4 Å². The lowest BCUT2D eigenvalue weighted by molar-refractivity contribution is -0.126. The molecule has 2 heterocycles. The molecule has 1 aromatic heterocycles. The summed E-state index contributed by atoms with van der Waals surface area (Å²) in [6.45, 7) is 2.70. The van der Waals surface area contributed by atoms with Gasteiger partial charge in [0.25, 0.3) is 0 Å². The predicted octanol–water partition coefficient (Wildman–Crippen LogP) is 1.11. The fourth-order valence-corrected chi connectivity index (χ4v) is 2.49. The van der Waals surface area contributed by atoms with E-state index < -0.39 is 6.04 Å². The molecule has 0 radical (unpaired) electrons. The van der Waals surface area contributed by atoms with Crippen LogP contribution in [-0.2, 0) is 16.1 Å². The molecule has 1 atom stereocenters. The van der Waals surface area contributed by atoms with Gasteiger partial charge in [0.2, 0.25) is 23.5 Å². The average molecular weight is 318 g/mol. The van der Waals surface area contributed by atoms with Gasteiger partial charge < -0.3 is 4.52 Å². The molecule has 1 fully saturated rings. The number of aromatic nitrogens is 2. The van der Waals surface area contributed by atoms with Gasteiger partial charge in [-0.05, 0) is 30.8 Å². The van der Waals surface area contributed by atoms with Crippen LogP contribution < -0.4 is 5.32 Å². The number of carbonyl (C=O) groups is 2. The first-order valence-corrected chi connectivity index (χ1v) is 7.23. The maximum atomic E-state index is 12.9. The molecule has 2 amide bonds. The first-order chi connectivity index (χ1) is 11.1. The SMILES string of the molecule is CCN(Cc1nc(-c2ccc(F)cc2)no1)C1CC(=O)NC1=O. The van der Waals surface area contributed by atoms with Crippen molar-refractivity contribution in [3.63, 3.8) is 0 Å². The highest BCUT2D eigenvalue weighted by molar-refractivity contribution is 6.05. The maximum absolute atomic E-state index is 12.9. The van der Waals surface area contributed by atoms with Crippen molar-refractivity contribution < 1.29 is 18.5 Å². The third-order valence-electron chi connectivity index (χ3n) is 3.70. The summed E-state index contributed by atoms with van der Waals surface area (Å²) in [7, 11) is 0. The summed E-state index contributed by atoms with van der Waals surface area (Å²) in [4.78, 5) is 29.1. The lowest BCUT2D eigenvalue weighted by Gasteiger charge is -2.22. The third-order valence-corrected chi connectivity index (χ3v) is 3.70. The van der Waals surface area contributed by atoms with E-state index in [9.17, 15) is 14.0 Å². The number of hydrogen-bond acceptors (Lipinski definition) is 6. The summed E-state index contributed by atoms with van der Waals surface area (Å²) < 4.78 is 18.1. The van der Waals surface area contributed by atoms with Crippen LogP contribution in [0.5, 0.6) is 0 Å². The zero-order valence-corrected chi connectivity index (χ0v) is 12.5. The zero-order chi connectivity index (χ0) is 16.4. The smallest absolute Gasteiger partial charge is 0.244 e. The van der Waals surface area contributed by atoms with E-state index in [-0.39, 0.29) is 30.6 Å². The molecule has 120 valence electrons. The van der Waals surface area contributed by atoms with Gasteiger partial charge >= 0.3 is 0 Å². The Morgan fingerprint density at radius 2 is 2.09 bits per heavy atom. The molecule has 8 heteroatoms. The second kappa shape index (κ2) is 6.25. The van der Waals surface area contributed by atoms with Crippen LogP contribution in [0.4, 0.5) is 4.39 Å². The van der Waals surface area contributed by atoms with E-state index in [1.807, 2.05) is 6.92 Å². The highest BCUT2D eigenvalue weighted by Gasteiger charge is 2.35. The van der Waals surface area contributed by atoms with Gasteiger partial charge in [-0.3, -0.25) is 19.8 Å². The Balaban J connectivity index is 1.73. The largest absolute Gasteiger partial charge is 0.338 e. The van der Waals surface area contributed by atoms with E-state index >= 15 is 0 Å². The summed E-state index contributed by atoms with van der Waals surface area (Å²) in [6.07, 6.45) is 0.131. The van der Waals surface area contributed by atoms with Gasteiger partial charge in [0, 0.05) is 5.56 Å². The Bertz CT molecular complexity index is 729. The number of likely N-dealkylation sites (N-methyl/N-ethyl adjacent to an activating group) is 1. The molecular formula is C15H15FN4O3. The van der Waals surface area contributed by atoms with Gasteiger partial charge in [-0.2, -0.15) is 4.98 Å². The molecule has 3 rings (SSSR count). The number of rotatable bonds is 5. The highest BCUT2D eigenvalue weighted by atomic mass is 19.1. The van der Waals surface area contributed by atoms with Gasteiger partial charge in [0.1, 0.15) is 5.82 Å². The fraction of sp³-hybridized carbons (Fsp3) is 0.333. The van der Waals surface area contributed by atoms with Crippen molar-refractivity contribution in [2.24, 2.45) is 0 Å². The first kappa shape index (κ1) is 15.3. The molecular weight excluding hydrogens is 303 g/mol. The Kier molecular flexibility index (Phi) is 4.16. The van der Waals surface area contributed by atoms with E-state index in [4.69, 9.17) is 4.52 Å². The number of imide groups is 1. The van der Waals surface area contributed by atoms with Gasteiger partial charge in [-0.25, -0.2) is 4.39 Å². The van der Waals surface area contributed by atoms with Crippen molar-refractivity contribution in [1.29, 1.82) is 0 Å². The van der Waals surface area contributed by atoms with Gasteiger partial charge in [-0.15, -0.1) is 0 Å². The molecule has 1 unspecified atom stereocenters. The van der Waals surface area contributed by atoms with E-state index in [1.165, 1.54) is 12.1 Å². The summed E-state index contributed by atoms with van der Waals surface area (Å²) in [5.74, 6) is -0.251. The lowest BCUT2D eigenvalue weighted by atomic mass is 10.2. The molecule has 23 heavy (non-hydrogen) atoms. The molecule has 0 bridgehead atoms. The fourth-order valence-electron chi connectivity index (χ4n) is 2.49. The molecule has 0 saturated carbocycles. The summed E-state index contributed by atoms with van der Waals surface area (Å²) in [5, 5.41) is 6.14. The molecule has 0 aliphatic carbocycles. The Morgan fingerprint density at radius 3 is 2.70 bits per heavy atom. The first-order valence-electron chi connectivity index (χ1n) is 7.23. The van der Waals surface area contributed by atoms with Crippen LogP contribution in [0.3, 0.4) is 0 Å². The van der Waals surface area contributed by atoms with Crippen LogP contribution in [-0.4, -0.2) is 39.4 Å². The lowest BCUT2D eigenvalue weighted by Crippen LogP contribution is -2.40. The van der Waals surface area contributed by atoms with Crippen LogP contribution in [0.2, 0.25) is 0 Å². The number of nitrogens with zero attached hydrogens (tertiary/aromatic N) is 3. The number of nitrogens with one attached hydrogen (secondary N) is 1. The van der Waals surface area contributed by atoms with Crippen molar-refractivity contribution >= 4 is 11.8 Å². The number of benzene rings is 1. The minimum Gasteiger partial charge on any atom is -0.338 e. The van der Waals surface area contributed by atoms with Gasteiger partial charge in [0.05, 0.1) is 19.0 Å². The maximum Gasteiger partial charge on any atom is 0.244 e. The summed E-state index contributed by atoms with van der Waals surface area (Å²) >= 11 is 0. The molecule has 1 N–H and O–H groups in total. The van der Waals surface area contributed by atoms with E-state index in [0.29, 0.717) is 23.8 Å². The topological polar surface area (TPSA) is 88.3 Å². The van der Waals surface area contributed by atoms with Crippen LogP contribution in [0.15, 0.2) is 28.8 Å². The van der Waals surface area contributed by atoms with Crippen LogP contribution in [0.25, 0.3) is 11.4 Å². The molecule has 0 spiro atoms. The van der Waals surface area contributed by atoms with Crippen LogP contribution in [0.1, 0.15) is 19.2 Å². The molecule has 1 aliphatic heterocycles. The Hall–Kier alpha value is -2.61. The third kappa shape index (κ3) is 3.26. The van der Waals surface area contributed by atoms with Crippen molar-refractivity contribution in [2.75, 3.05) is 6.54 Å². The Labute approximate surface area is 131 Å². The predicted molar refractivity (Wildman–Crippen MR) is 77.3 cm³/mol. The van der Waals surface area contributed by atoms with Crippen molar-refractivity contribution in [3.05, 3.63) is 36.0 Å². The minimum atomic E-state index is -0.520. The monoisotopic (exact) mass is 318 g/mol. The standard InChI is InChI=1S/C15H15FN4O3/c1-2-20(11-7-12(21)17-15(11)22)8-13-18-14(19-23-13)9-3-5-10(16)6-4-9/h3-6,11H,2,7-8H2,1H3,(H,17,21,22). The average Bonchev–Trinajstić information content (AvgIpc) is 3.12. The molecule has 1 aliphatic rings. The zero-order valence-electron chi connectivity index (χ0n) is 12.5. The molecule has 2 aromatic rings. The van der Waals surface area contributed by atoms with Gasteiger partial charge in [-0.1, -0.05) is 12.1 Å². The second-order valence-corrected chi connectivity index (χ2v) is 5.21. The van der Waals surface area contributed by atoms with Crippen LogP contribution >= 0.6 is 0 Å². The highest BCUT2D eigenvalue weighted by Crippen LogP contribution is 2.18. The summed E-state index contributed by atoms with van der Waals surface area (Å²) in [6, 6.07) is 5.24. The second-order valence-electron chi connectivity index (χ2n) is 5.21. The number of hydrogen-bond donors (Lipinski definition) is 1. The minimum absolute atomic E-state index is 0.131. The Morgan fingerprint density at radius 1 is 1.35 bits per heavy atom. The van der Waals surface area contributed by atoms with Gasteiger partial charge in [0.15, 0.2) is 0 Å². The van der Waals surface area contributed by atoms with E-state index in [2.05, 4.69) is 15.5 Å². The molecule has 1 aromatic carbocycles.